The number of hydrogen-bond acceptors (Lipinski definition) is 3. The van der Waals surface area contributed by atoms with E-state index < -0.39 is 0 Å². The fourth-order valence-corrected chi connectivity index (χ4v) is 1.15. The van der Waals surface area contributed by atoms with Gasteiger partial charge in [-0.1, -0.05) is 0 Å². The number of amides is 1. The maximum Gasteiger partial charge on any atom is 0.230 e. The Labute approximate surface area is 79.5 Å². The van der Waals surface area contributed by atoms with Gasteiger partial charge in [0.15, 0.2) is 0 Å². The Hall–Kier alpha value is -0.330. The molecule has 1 aliphatic rings. The molecule has 0 bridgehead atoms. The quantitative estimate of drug-likeness (QED) is 0.586. The number of hydrogen-bond donors (Lipinski definition) is 1. The smallest absolute Gasteiger partial charge is 0.230 e. The van der Waals surface area contributed by atoms with Crippen molar-refractivity contribution in [3.63, 3.8) is 0 Å². The molecule has 1 heterocycles. The van der Waals surface area contributed by atoms with E-state index >= 15 is 0 Å². The van der Waals surface area contributed by atoms with Crippen molar-refractivity contribution >= 4 is 35.1 Å². The Morgan fingerprint density at radius 3 is 3.18 bits per heavy atom. The molecule has 0 aromatic rings. The molecule has 0 fully saturated rings. The molecule has 0 aromatic carbocycles. The molecule has 1 aliphatic heterocycles. The predicted molar refractivity (Wildman–Crippen MR) is 51.7 cm³/mol. The van der Waals surface area contributed by atoms with Crippen LogP contribution < -0.4 is 3.53 Å². The van der Waals surface area contributed by atoms with E-state index in [-0.39, 0.29) is 5.91 Å². The van der Waals surface area contributed by atoms with Gasteiger partial charge in [-0.3, -0.25) is 13.3 Å². The van der Waals surface area contributed by atoms with Crippen LogP contribution in [0, 0.1) is 0 Å². The number of nitrogens with one attached hydrogen (secondary N) is 1. The van der Waals surface area contributed by atoms with E-state index in [0.29, 0.717) is 6.42 Å². The van der Waals surface area contributed by atoms with Crippen LogP contribution in [-0.4, -0.2) is 36.8 Å². The molecule has 0 saturated heterocycles. The van der Waals surface area contributed by atoms with Crippen molar-refractivity contribution in [2.45, 2.75) is 6.42 Å². The van der Waals surface area contributed by atoms with Gasteiger partial charge in [0.05, 0.1) is 35.7 Å². The van der Waals surface area contributed by atoms with E-state index in [1.165, 1.54) is 0 Å². The molecule has 1 rings (SSSR count). The Morgan fingerprint density at radius 2 is 2.64 bits per heavy atom. The topological polar surface area (TPSA) is 44.7 Å². The molecule has 1 amide bonds. The summed E-state index contributed by atoms with van der Waals surface area (Å²) in [6, 6.07) is 0. The van der Waals surface area contributed by atoms with Gasteiger partial charge in [0.25, 0.3) is 0 Å². The number of nitrogens with zero attached hydrogens (tertiary/aromatic N) is 2. The standard InChI is InChI=1S/C6H10IN3O/c7-9-6(11)1-3-10-4-2-8-5-10/h5H,1-4H2,(H,9,11). The van der Waals surface area contributed by atoms with E-state index in [2.05, 4.69) is 8.52 Å². The lowest BCUT2D eigenvalue weighted by atomic mass is 10.4. The first-order valence-electron chi connectivity index (χ1n) is 3.46. The van der Waals surface area contributed by atoms with Crippen LogP contribution in [0.15, 0.2) is 4.99 Å². The number of carbonyl (C=O) groups excluding carboxylic acids is 1. The van der Waals surface area contributed by atoms with Crippen molar-refractivity contribution in [3.8, 4) is 0 Å². The summed E-state index contributed by atoms with van der Waals surface area (Å²) >= 11 is 1.85. The van der Waals surface area contributed by atoms with Gasteiger partial charge >= 0.3 is 0 Å². The summed E-state index contributed by atoms with van der Waals surface area (Å²) < 4.78 is 2.55. The van der Waals surface area contributed by atoms with Gasteiger partial charge < -0.3 is 4.90 Å². The summed E-state index contributed by atoms with van der Waals surface area (Å²) in [5.41, 5.74) is 0. The van der Waals surface area contributed by atoms with Crippen molar-refractivity contribution in [1.82, 2.24) is 8.43 Å². The normalized spacial score (nSPS) is 15.5. The minimum absolute atomic E-state index is 0.0749. The Balaban J connectivity index is 2.11. The second-order valence-electron chi connectivity index (χ2n) is 2.33. The van der Waals surface area contributed by atoms with Crippen LogP contribution in [0.25, 0.3) is 0 Å². The molecule has 0 aliphatic carbocycles. The van der Waals surface area contributed by atoms with Gasteiger partial charge in [-0.2, -0.15) is 0 Å². The van der Waals surface area contributed by atoms with Crippen molar-refractivity contribution in [3.05, 3.63) is 0 Å². The maximum absolute atomic E-state index is 10.8. The highest BCUT2D eigenvalue weighted by atomic mass is 127. The Morgan fingerprint density at radius 1 is 1.82 bits per heavy atom. The summed E-state index contributed by atoms with van der Waals surface area (Å²) in [6.45, 7) is 2.60. The highest BCUT2D eigenvalue weighted by molar-refractivity contribution is 14.1. The Kier molecular flexibility index (Phi) is 3.61. The minimum atomic E-state index is 0.0749. The molecule has 1 N–H and O–H groups in total. The molecule has 0 atom stereocenters. The van der Waals surface area contributed by atoms with Crippen molar-refractivity contribution in [2.24, 2.45) is 4.99 Å². The first-order valence-corrected chi connectivity index (χ1v) is 4.54. The average Bonchev–Trinajstić information content (AvgIpc) is 2.52. The van der Waals surface area contributed by atoms with Gasteiger partial charge in [-0.25, -0.2) is 0 Å². The number of halogens is 1. The first-order chi connectivity index (χ1) is 5.33. The molecule has 0 aromatic heterocycles. The number of carbonyl (C=O) groups is 1. The lowest BCUT2D eigenvalue weighted by molar-refractivity contribution is -0.118. The summed E-state index contributed by atoms with van der Waals surface area (Å²) in [4.78, 5) is 16.9. The van der Waals surface area contributed by atoms with Gasteiger partial charge in [-0.15, -0.1) is 0 Å². The number of rotatable bonds is 3. The van der Waals surface area contributed by atoms with E-state index in [1.54, 1.807) is 6.34 Å². The van der Waals surface area contributed by atoms with Crippen molar-refractivity contribution < 1.29 is 4.79 Å². The summed E-state index contributed by atoms with van der Waals surface area (Å²) in [5.74, 6) is 0.0749. The van der Waals surface area contributed by atoms with Crippen molar-refractivity contribution in [2.75, 3.05) is 19.6 Å². The minimum Gasteiger partial charge on any atom is -0.361 e. The zero-order valence-corrected chi connectivity index (χ0v) is 8.24. The van der Waals surface area contributed by atoms with Crippen LogP contribution in [0.2, 0.25) is 0 Å². The summed E-state index contributed by atoms with van der Waals surface area (Å²) in [7, 11) is 0. The monoisotopic (exact) mass is 267 g/mol. The van der Waals surface area contributed by atoms with E-state index in [4.69, 9.17) is 0 Å². The fraction of sp³-hybridized carbons (Fsp3) is 0.667. The third-order valence-corrected chi connectivity index (χ3v) is 2.09. The molecule has 5 heteroatoms. The molecule has 0 spiro atoms. The second-order valence-corrected chi connectivity index (χ2v) is 2.86. The molecule has 62 valence electrons. The largest absolute Gasteiger partial charge is 0.361 e. The summed E-state index contributed by atoms with van der Waals surface area (Å²) in [5, 5.41) is 0. The molecule has 0 unspecified atom stereocenters. The average molecular weight is 267 g/mol. The van der Waals surface area contributed by atoms with Crippen LogP contribution in [0.3, 0.4) is 0 Å². The van der Waals surface area contributed by atoms with E-state index in [0.717, 1.165) is 19.6 Å². The Bertz CT molecular complexity index is 171. The third kappa shape index (κ3) is 3.04. The van der Waals surface area contributed by atoms with Crippen LogP contribution in [0.4, 0.5) is 0 Å². The zero-order chi connectivity index (χ0) is 8.10. The zero-order valence-electron chi connectivity index (χ0n) is 6.09. The predicted octanol–water partition coefficient (Wildman–Crippen LogP) is 0.187. The first kappa shape index (κ1) is 8.76. The highest BCUT2D eigenvalue weighted by Gasteiger charge is 2.06. The van der Waals surface area contributed by atoms with Gasteiger partial charge in [0, 0.05) is 19.5 Å². The van der Waals surface area contributed by atoms with Gasteiger partial charge in [0.1, 0.15) is 0 Å². The molecule has 4 nitrogen and oxygen atoms in total. The third-order valence-electron chi connectivity index (χ3n) is 1.49. The lowest BCUT2D eigenvalue weighted by Crippen LogP contribution is -2.25. The van der Waals surface area contributed by atoms with E-state index in [1.807, 2.05) is 27.8 Å². The van der Waals surface area contributed by atoms with Crippen LogP contribution in [0.1, 0.15) is 6.42 Å². The van der Waals surface area contributed by atoms with Crippen LogP contribution in [0.5, 0.6) is 0 Å². The molecular weight excluding hydrogens is 257 g/mol. The van der Waals surface area contributed by atoms with Crippen molar-refractivity contribution in [1.29, 1.82) is 0 Å². The van der Waals surface area contributed by atoms with Crippen LogP contribution >= 0.6 is 22.9 Å². The fourth-order valence-electron chi connectivity index (χ4n) is 0.879. The lowest BCUT2D eigenvalue weighted by Gasteiger charge is -2.11. The SMILES string of the molecule is O=C(CCN1C=NCC1)NI. The summed E-state index contributed by atoms with van der Waals surface area (Å²) in [6.07, 6.45) is 2.36. The molecule has 0 radical (unpaired) electrons. The van der Waals surface area contributed by atoms with Gasteiger partial charge in [-0.05, 0) is 0 Å². The van der Waals surface area contributed by atoms with E-state index in [9.17, 15) is 4.79 Å². The maximum atomic E-state index is 10.8. The molecule has 11 heavy (non-hydrogen) atoms. The van der Waals surface area contributed by atoms with Gasteiger partial charge in [0.2, 0.25) is 5.91 Å². The number of aliphatic imine (C=N–C) groups is 1. The molecular formula is C6H10IN3O. The highest BCUT2D eigenvalue weighted by Crippen LogP contribution is 1.94. The molecule has 0 saturated carbocycles. The second kappa shape index (κ2) is 4.53. The van der Waals surface area contributed by atoms with Crippen LogP contribution in [-0.2, 0) is 4.79 Å².